The molecule has 0 aromatic heterocycles. The van der Waals surface area contributed by atoms with E-state index in [9.17, 15) is 0 Å². The fraction of sp³-hybridized carbons (Fsp3) is 0.400. The van der Waals surface area contributed by atoms with E-state index in [1.165, 1.54) is 0 Å². The zero-order chi connectivity index (χ0) is 10.6. The number of allylic oxidation sites excluding steroid dienone is 2. The Kier molecular flexibility index (Phi) is 6.36. The summed E-state index contributed by atoms with van der Waals surface area (Å²) in [6.45, 7) is 12.1. The summed E-state index contributed by atoms with van der Waals surface area (Å²) < 4.78 is 0. The van der Waals surface area contributed by atoms with Crippen LogP contribution < -0.4 is 6.15 Å². The maximum atomic E-state index is 8.97. The van der Waals surface area contributed by atoms with Crippen molar-refractivity contribution in [1.82, 2.24) is 6.15 Å². The van der Waals surface area contributed by atoms with Crippen LogP contribution in [0.2, 0.25) is 0 Å². The molecule has 82 valence electrons. The maximum absolute atomic E-state index is 8.97. The Morgan fingerprint density at radius 3 is 1.93 bits per heavy atom. The third-order valence-electron chi connectivity index (χ3n) is 1.69. The highest BCUT2D eigenvalue weighted by atomic mass is 35.5. The molecule has 5 N–H and O–H groups in total. The van der Waals surface area contributed by atoms with Gasteiger partial charge in [-0.2, -0.15) is 0 Å². The molecule has 0 aliphatic heterocycles. The van der Waals surface area contributed by atoms with Crippen molar-refractivity contribution in [2.24, 2.45) is 0 Å². The van der Waals surface area contributed by atoms with Gasteiger partial charge in [0.2, 0.25) is 0 Å². The van der Waals surface area contributed by atoms with Crippen molar-refractivity contribution in [2.45, 2.75) is 24.6 Å². The lowest BCUT2D eigenvalue weighted by molar-refractivity contribution is 0.369. The molecule has 1 atom stereocenters. The van der Waals surface area contributed by atoms with Crippen LogP contribution in [0.3, 0.4) is 0 Å². The predicted molar refractivity (Wildman–Crippen MR) is 61.2 cm³/mol. The highest BCUT2D eigenvalue weighted by Crippen LogP contribution is 2.32. The lowest BCUT2D eigenvalue weighted by Crippen LogP contribution is -2.20. The molecule has 0 spiro atoms. The molecule has 0 fully saturated rings. The molecule has 0 bridgehead atoms. The van der Waals surface area contributed by atoms with Crippen LogP contribution in [-0.2, 0) is 0 Å². The number of aliphatic hydroxyl groups excluding tert-OH is 2. The summed E-state index contributed by atoms with van der Waals surface area (Å²) in [5.74, 6) is 0.0163. The molecule has 0 aliphatic carbocycles. The number of alkyl halides is 1. The summed E-state index contributed by atoms with van der Waals surface area (Å²) in [4.78, 5) is -0.780. The molecule has 14 heavy (non-hydrogen) atoms. The smallest absolute Gasteiger partial charge is 0.0892 e. The molecule has 0 heterocycles. The van der Waals surface area contributed by atoms with Crippen molar-refractivity contribution >= 4 is 11.6 Å². The average molecular weight is 220 g/mol. The second kappa shape index (κ2) is 5.73. The molecule has 0 rings (SSSR count). The van der Waals surface area contributed by atoms with Crippen molar-refractivity contribution in [1.29, 1.82) is 0 Å². The van der Waals surface area contributed by atoms with Crippen molar-refractivity contribution in [3.63, 3.8) is 0 Å². The van der Waals surface area contributed by atoms with Gasteiger partial charge < -0.3 is 16.4 Å². The van der Waals surface area contributed by atoms with Crippen LogP contribution in [0.25, 0.3) is 0 Å². The maximum Gasteiger partial charge on any atom is 0.0892 e. The third kappa shape index (κ3) is 5.67. The number of hydrogen-bond acceptors (Lipinski definition) is 3. The molecule has 0 radical (unpaired) electrons. The molecule has 0 aliphatic rings. The minimum atomic E-state index is -0.780. The van der Waals surface area contributed by atoms with Gasteiger partial charge in [0.1, 0.15) is 0 Å². The van der Waals surface area contributed by atoms with Gasteiger partial charge in [-0.25, -0.2) is 0 Å². The molecule has 0 aromatic rings. The van der Waals surface area contributed by atoms with Crippen molar-refractivity contribution in [3.05, 3.63) is 36.8 Å². The van der Waals surface area contributed by atoms with Crippen LogP contribution in [0, 0.1) is 0 Å². The van der Waals surface area contributed by atoms with Gasteiger partial charge in [0.15, 0.2) is 0 Å². The van der Waals surface area contributed by atoms with Gasteiger partial charge in [-0.3, -0.25) is 0 Å². The molecular weight excluding hydrogens is 202 g/mol. The first-order valence-electron chi connectivity index (χ1n) is 3.86. The Morgan fingerprint density at radius 2 is 1.64 bits per heavy atom. The Bertz CT molecular complexity index is 247. The van der Waals surface area contributed by atoms with Crippen LogP contribution >= 0.6 is 11.6 Å². The first-order chi connectivity index (χ1) is 5.75. The second-order valence-electron chi connectivity index (χ2n) is 3.29. The summed E-state index contributed by atoms with van der Waals surface area (Å²) in [6.07, 6.45) is 0.466. The molecule has 0 aromatic carbocycles. The van der Waals surface area contributed by atoms with Crippen LogP contribution in [0.1, 0.15) is 19.8 Å². The Balaban J connectivity index is 0. The lowest BCUT2D eigenvalue weighted by atomic mass is 9.94. The minimum absolute atomic E-state index is 0. The third-order valence-corrected chi connectivity index (χ3v) is 2.09. The highest BCUT2D eigenvalue weighted by molar-refractivity contribution is 6.25. The molecule has 1 unspecified atom stereocenters. The Morgan fingerprint density at radius 1 is 1.21 bits per heavy atom. The normalized spacial score (nSPS) is 13.6. The van der Waals surface area contributed by atoms with Crippen molar-refractivity contribution < 1.29 is 10.2 Å². The van der Waals surface area contributed by atoms with Crippen molar-refractivity contribution in [3.8, 4) is 0 Å². The van der Waals surface area contributed by atoms with E-state index < -0.39 is 4.87 Å². The van der Waals surface area contributed by atoms with Crippen LogP contribution in [0.4, 0.5) is 0 Å². The SMILES string of the molecule is C=C(O)CC(=C)C(C)(Cl)CC(=C)O.N. The number of aliphatic hydroxyl groups is 2. The van der Waals surface area contributed by atoms with Crippen LogP contribution in [0.5, 0.6) is 0 Å². The van der Waals surface area contributed by atoms with E-state index in [1.54, 1.807) is 6.92 Å². The van der Waals surface area contributed by atoms with E-state index in [0.717, 1.165) is 0 Å². The number of hydrogen-bond donors (Lipinski definition) is 3. The second-order valence-corrected chi connectivity index (χ2v) is 4.12. The van der Waals surface area contributed by atoms with E-state index in [0.29, 0.717) is 5.57 Å². The number of halogens is 1. The largest absolute Gasteiger partial charge is 0.513 e. The van der Waals surface area contributed by atoms with Gasteiger partial charge in [0.25, 0.3) is 0 Å². The topological polar surface area (TPSA) is 75.5 Å². The van der Waals surface area contributed by atoms with Gasteiger partial charge in [-0.15, -0.1) is 11.6 Å². The van der Waals surface area contributed by atoms with Gasteiger partial charge in [0.05, 0.1) is 16.4 Å². The van der Waals surface area contributed by atoms with Gasteiger partial charge in [0, 0.05) is 12.8 Å². The lowest BCUT2D eigenvalue weighted by Gasteiger charge is -2.23. The fourth-order valence-electron chi connectivity index (χ4n) is 0.939. The Hall–Kier alpha value is -0.930. The molecule has 0 saturated heterocycles. The molecule has 3 nitrogen and oxygen atoms in total. The minimum Gasteiger partial charge on any atom is -0.513 e. The first kappa shape index (κ1) is 15.5. The van der Waals surface area contributed by atoms with E-state index in [1.807, 2.05) is 0 Å². The first-order valence-corrected chi connectivity index (χ1v) is 4.24. The van der Waals surface area contributed by atoms with Crippen molar-refractivity contribution in [2.75, 3.05) is 0 Å². The van der Waals surface area contributed by atoms with Crippen LogP contribution in [0.15, 0.2) is 36.8 Å². The molecule has 0 amide bonds. The summed E-state index contributed by atoms with van der Waals surface area (Å²) in [6, 6.07) is 0. The molecule has 0 saturated carbocycles. The van der Waals surface area contributed by atoms with Gasteiger partial charge >= 0.3 is 0 Å². The van der Waals surface area contributed by atoms with E-state index in [4.69, 9.17) is 21.8 Å². The average Bonchev–Trinajstić information content (AvgIpc) is 1.81. The number of rotatable bonds is 5. The fourth-order valence-corrected chi connectivity index (χ4v) is 1.16. The standard InChI is InChI=1S/C10H15ClO2.H3N/c1-7(5-8(2)12)10(4,11)6-9(3)13;/h12-13H,1-3,5-6H2,4H3;1H3. The zero-order valence-corrected chi connectivity index (χ0v) is 9.27. The Labute approximate surface area is 90.0 Å². The predicted octanol–water partition coefficient (Wildman–Crippen LogP) is 3.63. The quantitative estimate of drug-likeness (QED) is 0.376. The van der Waals surface area contributed by atoms with Gasteiger partial charge in [-0.1, -0.05) is 19.7 Å². The van der Waals surface area contributed by atoms with Crippen LogP contribution in [-0.4, -0.2) is 15.1 Å². The summed E-state index contributed by atoms with van der Waals surface area (Å²) >= 11 is 6.05. The molecule has 4 heteroatoms. The summed E-state index contributed by atoms with van der Waals surface area (Å²) in [7, 11) is 0. The zero-order valence-electron chi connectivity index (χ0n) is 8.52. The van der Waals surface area contributed by atoms with E-state index in [-0.39, 0.29) is 30.5 Å². The van der Waals surface area contributed by atoms with E-state index >= 15 is 0 Å². The summed E-state index contributed by atoms with van der Waals surface area (Å²) in [5, 5.41) is 17.9. The molecular formula is C10H18ClNO2. The van der Waals surface area contributed by atoms with Gasteiger partial charge in [-0.05, 0) is 12.5 Å². The summed E-state index contributed by atoms with van der Waals surface area (Å²) in [5.41, 5.74) is 0.608. The monoisotopic (exact) mass is 219 g/mol. The van der Waals surface area contributed by atoms with E-state index in [2.05, 4.69) is 19.7 Å². The highest BCUT2D eigenvalue weighted by Gasteiger charge is 2.25.